The lowest BCUT2D eigenvalue weighted by Gasteiger charge is -2.42. The van der Waals surface area contributed by atoms with Gasteiger partial charge in [0.1, 0.15) is 0 Å². The Kier molecular flexibility index (Phi) is 5.43. The zero-order chi connectivity index (χ0) is 13.7. The molecule has 1 fully saturated rings. The second-order valence-electron chi connectivity index (χ2n) is 5.88. The molecule has 2 rings (SSSR count). The molecule has 0 heterocycles. The molecule has 2 N–H and O–H groups in total. The Morgan fingerprint density at radius 1 is 1.26 bits per heavy atom. The maximum Gasteiger partial charge on any atom is 0.0178 e. The lowest BCUT2D eigenvalue weighted by Crippen LogP contribution is -2.46. The zero-order valence-electron chi connectivity index (χ0n) is 12.1. The fourth-order valence-corrected chi connectivity index (χ4v) is 3.36. The van der Waals surface area contributed by atoms with Crippen molar-refractivity contribution in [1.29, 1.82) is 0 Å². The van der Waals surface area contributed by atoms with Crippen LogP contribution >= 0.6 is 15.9 Å². The Balaban J connectivity index is 1.76. The molecule has 1 saturated carbocycles. The summed E-state index contributed by atoms with van der Waals surface area (Å²) in [6, 6.07) is 6.54. The summed E-state index contributed by atoms with van der Waals surface area (Å²) in [6.07, 6.45) is 5.25. The first kappa shape index (κ1) is 15.0. The number of nitrogens with one attached hydrogen (secondary N) is 2. The molecule has 1 aliphatic carbocycles. The third-order valence-electron chi connectivity index (χ3n) is 4.35. The van der Waals surface area contributed by atoms with Gasteiger partial charge >= 0.3 is 0 Å². The molecule has 0 atom stereocenters. The van der Waals surface area contributed by atoms with E-state index in [1.54, 1.807) is 0 Å². The average Bonchev–Trinajstić information content (AvgIpc) is 2.35. The number of hydrogen-bond donors (Lipinski definition) is 2. The van der Waals surface area contributed by atoms with E-state index in [1.165, 1.54) is 34.9 Å². The Morgan fingerprint density at radius 2 is 2.05 bits per heavy atom. The molecule has 3 heteroatoms. The first-order valence-corrected chi connectivity index (χ1v) is 8.05. The molecule has 0 amide bonds. The van der Waals surface area contributed by atoms with Gasteiger partial charge in [-0.05, 0) is 68.5 Å². The van der Waals surface area contributed by atoms with Gasteiger partial charge in [0, 0.05) is 17.6 Å². The molecule has 19 heavy (non-hydrogen) atoms. The van der Waals surface area contributed by atoms with Crippen molar-refractivity contribution < 1.29 is 0 Å². The third kappa shape index (κ3) is 4.04. The second kappa shape index (κ2) is 6.87. The van der Waals surface area contributed by atoms with Crippen molar-refractivity contribution >= 4 is 15.9 Å². The van der Waals surface area contributed by atoms with Crippen LogP contribution in [-0.2, 0) is 6.42 Å². The van der Waals surface area contributed by atoms with Crippen LogP contribution in [0.5, 0.6) is 0 Å². The summed E-state index contributed by atoms with van der Waals surface area (Å²) < 4.78 is 1.18. The normalized spacial score (nSPS) is 17.2. The van der Waals surface area contributed by atoms with Crippen molar-refractivity contribution in [2.75, 3.05) is 26.7 Å². The number of benzene rings is 1. The summed E-state index contributed by atoms with van der Waals surface area (Å²) >= 11 is 3.55. The van der Waals surface area contributed by atoms with Crippen LogP contribution in [0.2, 0.25) is 0 Å². The van der Waals surface area contributed by atoms with Crippen LogP contribution in [0.1, 0.15) is 30.4 Å². The van der Waals surface area contributed by atoms with E-state index in [1.807, 2.05) is 0 Å². The molecule has 0 unspecified atom stereocenters. The van der Waals surface area contributed by atoms with Crippen molar-refractivity contribution in [2.24, 2.45) is 5.41 Å². The minimum Gasteiger partial charge on any atom is -0.319 e. The van der Waals surface area contributed by atoms with Gasteiger partial charge in [0.05, 0.1) is 0 Å². The van der Waals surface area contributed by atoms with Crippen LogP contribution < -0.4 is 10.6 Å². The number of rotatable bonds is 7. The van der Waals surface area contributed by atoms with Crippen molar-refractivity contribution in [3.05, 3.63) is 33.8 Å². The second-order valence-corrected chi connectivity index (χ2v) is 6.80. The molecule has 2 nitrogen and oxygen atoms in total. The van der Waals surface area contributed by atoms with Crippen molar-refractivity contribution in [1.82, 2.24) is 10.6 Å². The van der Waals surface area contributed by atoms with Gasteiger partial charge < -0.3 is 10.6 Å². The zero-order valence-corrected chi connectivity index (χ0v) is 13.6. The smallest absolute Gasteiger partial charge is 0.0178 e. The minimum atomic E-state index is 0.529. The molecule has 0 aromatic heterocycles. The van der Waals surface area contributed by atoms with Gasteiger partial charge in [0.15, 0.2) is 0 Å². The van der Waals surface area contributed by atoms with Crippen LogP contribution in [0, 0.1) is 12.3 Å². The highest BCUT2D eigenvalue weighted by Crippen LogP contribution is 2.39. The van der Waals surface area contributed by atoms with E-state index in [0.29, 0.717) is 5.41 Å². The third-order valence-corrected chi connectivity index (χ3v) is 4.84. The summed E-state index contributed by atoms with van der Waals surface area (Å²) in [5.74, 6) is 0. The van der Waals surface area contributed by atoms with Crippen molar-refractivity contribution in [2.45, 2.75) is 32.6 Å². The SMILES string of the molecule is CNCC1(CNCCc2cc(Br)ccc2C)CCC1. The molecule has 1 aliphatic rings. The van der Waals surface area contributed by atoms with E-state index in [2.05, 4.69) is 58.7 Å². The van der Waals surface area contributed by atoms with Gasteiger partial charge in [-0.15, -0.1) is 0 Å². The van der Waals surface area contributed by atoms with E-state index in [4.69, 9.17) is 0 Å². The predicted octanol–water partition coefficient (Wildman–Crippen LogP) is 3.28. The van der Waals surface area contributed by atoms with Gasteiger partial charge in [-0.2, -0.15) is 0 Å². The first-order chi connectivity index (χ1) is 9.15. The van der Waals surface area contributed by atoms with Crippen LogP contribution in [0.3, 0.4) is 0 Å². The highest BCUT2D eigenvalue weighted by Gasteiger charge is 2.35. The van der Waals surface area contributed by atoms with Gasteiger partial charge in [0.2, 0.25) is 0 Å². The monoisotopic (exact) mass is 324 g/mol. The van der Waals surface area contributed by atoms with Gasteiger partial charge in [-0.1, -0.05) is 28.4 Å². The van der Waals surface area contributed by atoms with E-state index < -0.39 is 0 Å². The summed E-state index contributed by atoms with van der Waals surface area (Å²) in [6.45, 7) is 5.57. The van der Waals surface area contributed by atoms with Gasteiger partial charge in [0.25, 0.3) is 0 Å². The Labute approximate surface area is 125 Å². The molecular weight excluding hydrogens is 300 g/mol. The summed E-state index contributed by atoms with van der Waals surface area (Å²) in [4.78, 5) is 0. The van der Waals surface area contributed by atoms with Gasteiger partial charge in [-0.3, -0.25) is 0 Å². The van der Waals surface area contributed by atoms with E-state index in [0.717, 1.165) is 26.1 Å². The van der Waals surface area contributed by atoms with Crippen molar-refractivity contribution in [3.8, 4) is 0 Å². The fourth-order valence-electron chi connectivity index (χ4n) is 2.95. The number of halogens is 1. The van der Waals surface area contributed by atoms with Crippen LogP contribution in [-0.4, -0.2) is 26.7 Å². The van der Waals surface area contributed by atoms with Crippen molar-refractivity contribution in [3.63, 3.8) is 0 Å². The molecule has 0 aliphatic heterocycles. The first-order valence-electron chi connectivity index (χ1n) is 7.26. The lowest BCUT2D eigenvalue weighted by molar-refractivity contribution is 0.131. The van der Waals surface area contributed by atoms with Crippen LogP contribution in [0.25, 0.3) is 0 Å². The Morgan fingerprint density at radius 3 is 2.68 bits per heavy atom. The fraction of sp³-hybridized carbons (Fsp3) is 0.625. The Hall–Kier alpha value is -0.380. The molecule has 0 saturated heterocycles. The topological polar surface area (TPSA) is 24.1 Å². The minimum absolute atomic E-state index is 0.529. The lowest BCUT2D eigenvalue weighted by atomic mass is 9.68. The number of aryl methyl sites for hydroxylation is 1. The highest BCUT2D eigenvalue weighted by atomic mass is 79.9. The van der Waals surface area contributed by atoms with E-state index >= 15 is 0 Å². The van der Waals surface area contributed by atoms with E-state index in [-0.39, 0.29) is 0 Å². The summed E-state index contributed by atoms with van der Waals surface area (Å²) in [5, 5.41) is 6.99. The molecule has 0 bridgehead atoms. The quantitative estimate of drug-likeness (QED) is 0.752. The maximum absolute atomic E-state index is 3.65. The van der Waals surface area contributed by atoms with Gasteiger partial charge in [-0.25, -0.2) is 0 Å². The molecule has 1 aromatic carbocycles. The number of hydrogen-bond acceptors (Lipinski definition) is 2. The average molecular weight is 325 g/mol. The standard InChI is InChI=1S/C16H25BrN2/c1-13-4-5-15(17)10-14(13)6-9-19-12-16(11-18-2)7-3-8-16/h4-5,10,18-19H,3,6-9,11-12H2,1-2H3. The van der Waals surface area contributed by atoms with E-state index in [9.17, 15) is 0 Å². The van der Waals surface area contributed by atoms with Crippen LogP contribution in [0.15, 0.2) is 22.7 Å². The molecule has 106 valence electrons. The summed E-state index contributed by atoms with van der Waals surface area (Å²) in [5.41, 5.74) is 3.36. The predicted molar refractivity (Wildman–Crippen MR) is 85.7 cm³/mol. The maximum atomic E-state index is 3.65. The largest absolute Gasteiger partial charge is 0.319 e. The highest BCUT2D eigenvalue weighted by molar-refractivity contribution is 9.10. The summed E-state index contributed by atoms with van der Waals surface area (Å²) in [7, 11) is 2.06. The molecule has 0 radical (unpaired) electrons. The molecule has 0 spiro atoms. The Bertz CT molecular complexity index is 413. The van der Waals surface area contributed by atoms with Crippen LogP contribution in [0.4, 0.5) is 0 Å². The molecule has 1 aromatic rings. The molecular formula is C16H25BrN2.